The molecule has 0 amide bonds. The molecular formula is C24H31O3P. The summed E-state index contributed by atoms with van der Waals surface area (Å²) in [4.78, 5) is 0. The van der Waals surface area contributed by atoms with E-state index in [0.29, 0.717) is 13.0 Å². The highest BCUT2D eigenvalue weighted by Crippen LogP contribution is 2.49. The predicted octanol–water partition coefficient (Wildman–Crippen LogP) is 4.16. The molecule has 3 rings (SSSR count). The first-order valence-electron chi connectivity index (χ1n) is 9.83. The molecule has 0 bridgehead atoms. The summed E-state index contributed by atoms with van der Waals surface area (Å²) < 4.78 is 6.36. The summed E-state index contributed by atoms with van der Waals surface area (Å²) in [5.74, 6) is 0. The number of benzene rings is 2. The fraction of sp³-hybridized carbons (Fsp3) is 0.417. The van der Waals surface area contributed by atoms with Gasteiger partial charge in [-0.25, -0.2) is 0 Å². The molecule has 3 nitrogen and oxygen atoms in total. The van der Waals surface area contributed by atoms with Crippen LogP contribution in [0.2, 0.25) is 0 Å². The second-order valence-electron chi connectivity index (χ2n) is 8.66. The number of rotatable bonds is 5. The highest BCUT2D eigenvalue weighted by molar-refractivity contribution is 7.68. The molecule has 0 heterocycles. The van der Waals surface area contributed by atoms with E-state index < -0.39 is 31.2 Å². The average molecular weight is 398 g/mol. The first-order valence-corrected chi connectivity index (χ1v) is 11.1. The zero-order chi connectivity index (χ0) is 20.4. The molecule has 4 heteroatoms. The fourth-order valence-electron chi connectivity index (χ4n) is 4.01. The van der Waals surface area contributed by atoms with Crippen molar-refractivity contribution in [2.24, 2.45) is 10.8 Å². The maximum atomic E-state index is 10.8. The molecule has 0 radical (unpaired) electrons. The van der Waals surface area contributed by atoms with Crippen molar-refractivity contribution in [2.75, 3.05) is 6.61 Å². The van der Waals surface area contributed by atoms with Crippen LogP contribution in [0.3, 0.4) is 0 Å². The Kier molecular flexibility index (Phi) is 6.41. The van der Waals surface area contributed by atoms with Crippen LogP contribution in [-0.2, 0) is 4.52 Å². The Morgan fingerprint density at radius 1 is 0.929 bits per heavy atom. The first-order chi connectivity index (χ1) is 13.2. The summed E-state index contributed by atoms with van der Waals surface area (Å²) in [6, 6.07) is 20.6. The van der Waals surface area contributed by atoms with E-state index in [4.69, 9.17) is 4.52 Å². The normalized spacial score (nSPS) is 25.2. The summed E-state index contributed by atoms with van der Waals surface area (Å²) in [6.07, 6.45) is 1.45. The molecule has 1 aliphatic rings. The summed E-state index contributed by atoms with van der Waals surface area (Å²) >= 11 is 0. The van der Waals surface area contributed by atoms with Gasteiger partial charge in [0.1, 0.15) is 0 Å². The minimum atomic E-state index is -0.919. The van der Waals surface area contributed by atoms with Gasteiger partial charge in [-0.3, -0.25) is 0 Å². The third-order valence-corrected chi connectivity index (χ3v) is 7.94. The number of hydrogen-bond donors (Lipinski definition) is 2. The van der Waals surface area contributed by atoms with Crippen LogP contribution in [0.5, 0.6) is 0 Å². The van der Waals surface area contributed by atoms with Crippen molar-refractivity contribution in [3.05, 3.63) is 72.3 Å². The van der Waals surface area contributed by atoms with Gasteiger partial charge >= 0.3 is 0 Å². The van der Waals surface area contributed by atoms with Crippen LogP contribution in [0.15, 0.2) is 72.3 Å². The highest BCUT2D eigenvalue weighted by atomic mass is 31.1. The van der Waals surface area contributed by atoms with Gasteiger partial charge in [-0.15, -0.1) is 0 Å². The smallest absolute Gasteiger partial charge is 0.0922 e. The summed E-state index contributed by atoms with van der Waals surface area (Å²) in [6.45, 7) is 8.42. The van der Waals surface area contributed by atoms with Crippen LogP contribution in [0.4, 0.5) is 0 Å². The molecule has 0 saturated heterocycles. The number of aliphatic hydroxyl groups is 2. The van der Waals surface area contributed by atoms with E-state index in [2.05, 4.69) is 30.3 Å². The van der Waals surface area contributed by atoms with Gasteiger partial charge in [0.25, 0.3) is 0 Å². The van der Waals surface area contributed by atoms with Crippen LogP contribution in [-0.4, -0.2) is 29.0 Å². The zero-order valence-corrected chi connectivity index (χ0v) is 18.1. The Balaban J connectivity index is 1.80. The fourth-order valence-corrected chi connectivity index (χ4v) is 5.71. The minimum absolute atomic E-state index is 0.395. The van der Waals surface area contributed by atoms with E-state index in [1.54, 1.807) is 0 Å². The maximum Gasteiger partial charge on any atom is 0.0922 e. The van der Waals surface area contributed by atoms with Crippen LogP contribution >= 0.6 is 8.15 Å². The molecule has 0 unspecified atom stereocenters. The molecule has 2 atom stereocenters. The summed E-state index contributed by atoms with van der Waals surface area (Å²) in [5, 5.41) is 23.7. The largest absolute Gasteiger partial charge is 0.392 e. The molecule has 0 aliphatic heterocycles. The van der Waals surface area contributed by atoms with E-state index in [1.165, 1.54) is 10.6 Å². The lowest BCUT2D eigenvalue weighted by Gasteiger charge is -2.50. The SMILES string of the molecule is CC1(C)/C(=C\COP(c2ccccc2)c2ccccc2)C[C@@H](O)C(C)(C)[C@@H]1O. The predicted molar refractivity (Wildman–Crippen MR) is 117 cm³/mol. The van der Waals surface area contributed by atoms with Gasteiger partial charge in [0.15, 0.2) is 0 Å². The molecule has 0 spiro atoms. The minimum Gasteiger partial charge on any atom is -0.392 e. The topological polar surface area (TPSA) is 49.7 Å². The third kappa shape index (κ3) is 4.23. The molecular weight excluding hydrogens is 367 g/mol. The van der Waals surface area contributed by atoms with Gasteiger partial charge in [0.05, 0.1) is 27.0 Å². The Bertz CT molecular complexity index is 760. The molecule has 0 aromatic heterocycles. The number of hydrogen-bond acceptors (Lipinski definition) is 3. The lowest BCUT2D eigenvalue weighted by Crippen LogP contribution is -2.53. The lowest BCUT2D eigenvalue weighted by atomic mass is 9.59. The zero-order valence-electron chi connectivity index (χ0n) is 17.2. The van der Waals surface area contributed by atoms with E-state index in [1.807, 2.05) is 64.1 Å². The molecule has 1 saturated carbocycles. The maximum absolute atomic E-state index is 10.8. The molecule has 1 fully saturated rings. The van der Waals surface area contributed by atoms with Gasteiger partial charge in [-0.1, -0.05) is 100 Å². The second-order valence-corrected chi connectivity index (χ2v) is 10.5. The first kappa shape index (κ1) is 21.2. The van der Waals surface area contributed by atoms with Crippen molar-refractivity contribution < 1.29 is 14.7 Å². The molecule has 2 aromatic carbocycles. The Labute approximate surface area is 169 Å². The van der Waals surface area contributed by atoms with Crippen molar-refractivity contribution >= 4 is 18.8 Å². The quantitative estimate of drug-likeness (QED) is 0.588. The van der Waals surface area contributed by atoms with Crippen molar-refractivity contribution in [2.45, 2.75) is 46.3 Å². The average Bonchev–Trinajstić information content (AvgIpc) is 2.69. The van der Waals surface area contributed by atoms with Crippen LogP contribution < -0.4 is 10.6 Å². The van der Waals surface area contributed by atoms with Crippen LogP contribution in [0, 0.1) is 10.8 Å². The van der Waals surface area contributed by atoms with Gasteiger partial charge in [-0.2, -0.15) is 0 Å². The van der Waals surface area contributed by atoms with Gasteiger partial charge in [0.2, 0.25) is 0 Å². The van der Waals surface area contributed by atoms with Gasteiger partial charge in [-0.05, 0) is 6.42 Å². The molecule has 28 heavy (non-hydrogen) atoms. The molecule has 2 N–H and O–H groups in total. The summed E-state index contributed by atoms with van der Waals surface area (Å²) in [5.41, 5.74) is 0.138. The van der Waals surface area contributed by atoms with Crippen LogP contribution in [0.1, 0.15) is 34.1 Å². The van der Waals surface area contributed by atoms with E-state index in [9.17, 15) is 10.2 Å². The van der Waals surface area contributed by atoms with Crippen LogP contribution in [0.25, 0.3) is 0 Å². The highest BCUT2D eigenvalue weighted by Gasteiger charge is 2.50. The molecule has 1 aliphatic carbocycles. The summed E-state index contributed by atoms with van der Waals surface area (Å²) in [7, 11) is -0.919. The van der Waals surface area contributed by atoms with E-state index >= 15 is 0 Å². The van der Waals surface area contributed by atoms with Crippen molar-refractivity contribution in [1.82, 2.24) is 0 Å². The van der Waals surface area contributed by atoms with Crippen molar-refractivity contribution in [3.8, 4) is 0 Å². The van der Waals surface area contributed by atoms with Crippen molar-refractivity contribution in [1.29, 1.82) is 0 Å². The van der Waals surface area contributed by atoms with Gasteiger partial charge < -0.3 is 14.7 Å². The Hall–Kier alpha value is -1.51. The van der Waals surface area contributed by atoms with Crippen molar-refractivity contribution in [3.63, 3.8) is 0 Å². The van der Waals surface area contributed by atoms with Gasteiger partial charge in [0, 0.05) is 21.4 Å². The lowest BCUT2D eigenvalue weighted by molar-refractivity contribution is -0.113. The molecule has 150 valence electrons. The van der Waals surface area contributed by atoms with E-state index in [-0.39, 0.29) is 0 Å². The third-order valence-electron chi connectivity index (χ3n) is 6.00. The molecule has 2 aromatic rings. The van der Waals surface area contributed by atoms with E-state index in [0.717, 1.165) is 5.57 Å². The standard InChI is InChI=1S/C24H31O3P/c1-23(2)18(17-21(25)24(3,4)22(23)26)15-16-27-28(19-11-7-5-8-12-19)20-13-9-6-10-14-20/h5-15,21-22,25-26H,16-17H2,1-4H3/b18-15-/t21-,22-/m1/s1. The Morgan fingerprint density at radius 3 is 1.93 bits per heavy atom. The Morgan fingerprint density at radius 2 is 1.43 bits per heavy atom. The number of aliphatic hydroxyl groups excluding tert-OH is 2. The monoisotopic (exact) mass is 398 g/mol. The second kappa shape index (κ2) is 8.47.